The highest BCUT2D eigenvalue weighted by Crippen LogP contribution is 2.24. The van der Waals surface area contributed by atoms with Crippen LogP contribution in [0.4, 0.5) is 0 Å². The van der Waals surface area contributed by atoms with Crippen molar-refractivity contribution < 1.29 is 9.53 Å². The molecule has 1 atom stereocenters. The van der Waals surface area contributed by atoms with Gasteiger partial charge in [-0.25, -0.2) is 4.79 Å². The molecule has 6 heteroatoms. The molecule has 0 unspecified atom stereocenters. The van der Waals surface area contributed by atoms with Crippen LogP contribution in [0, 0.1) is 0 Å². The molecule has 1 rings (SSSR count). The molecular weight excluding hydrogens is 278 g/mol. The fraction of sp³-hybridized carbons (Fsp3) is 0.286. The van der Waals surface area contributed by atoms with Gasteiger partial charge in [0.15, 0.2) is 0 Å². The van der Waals surface area contributed by atoms with Gasteiger partial charge in [0.05, 0.1) is 7.11 Å². The van der Waals surface area contributed by atoms with Crippen molar-refractivity contribution in [2.24, 2.45) is 5.73 Å². The van der Waals surface area contributed by atoms with Gasteiger partial charge in [0.1, 0.15) is 6.04 Å². The van der Waals surface area contributed by atoms with Crippen molar-refractivity contribution in [3.8, 4) is 0 Å². The predicted molar refractivity (Wildman–Crippen MR) is 58.2 cm³/mol. The van der Waals surface area contributed by atoms with E-state index in [2.05, 4.69) is 20.7 Å². The number of rotatable bonds is 2. The summed E-state index contributed by atoms with van der Waals surface area (Å²) in [4.78, 5) is 11.8. The van der Waals surface area contributed by atoms with Gasteiger partial charge >= 0.3 is 5.97 Å². The molecular formula is C7H9BrClNO2S. The van der Waals surface area contributed by atoms with Crippen LogP contribution in [-0.2, 0) is 9.53 Å². The maximum atomic E-state index is 11.0. The molecule has 0 amide bonds. The monoisotopic (exact) mass is 285 g/mol. The second-order valence-corrected chi connectivity index (χ2v) is 4.03. The number of carbonyl (C=O) groups excluding carboxylic acids is 1. The molecule has 0 radical (unpaired) electrons. The molecule has 0 aliphatic rings. The van der Waals surface area contributed by atoms with E-state index in [0.29, 0.717) is 0 Å². The summed E-state index contributed by atoms with van der Waals surface area (Å²) in [5, 5.41) is 1.87. The molecule has 0 saturated carbocycles. The van der Waals surface area contributed by atoms with Crippen LogP contribution >= 0.6 is 39.7 Å². The SMILES string of the molecule is COC(=O)[C@H](N)c1cc(Br)cs1.Cl. The third-order valence-electron chi connectivity index (χ3n) is 1.35. The van der Waals surface area contributed by atoms with Gasteiger partial charge in [-0.15, -0.1) is 23.7 Å². The lowest BCUT2D eigenvalue weighted by Crippen LogP contribution is -2.21. The highest BCUT2D eigenvalue weighted by molar-refractivity contribution is 9.10. The van der Waals surface area contributed by atoms with E-state index in [-0.39, 0.29) is 12.4 Å². The molecule has 1 aromatic rings. The molecule has 1 aromatic heterocycles. The molecule has 1 heterocycles. The van der Waals surface area contributed by atoms with E-state index >= 15 is 0 Å². The summed E-state index contributed by atoms with van der Waals surface area (Å²) in [6.45, 7) is 0. The minimum Gasteiger partial charge on any atom is -0.468 e. The van der Waals surface area contributed by atoms with Gasteiger partial charge in [0.25, 0.3) is 0 Å². The molecule has 0 bridgehead atoms. The van der Waals surface area contributed by atoms with E-state index in [9.17, 15) is 4.79 Å². The zero-order chi connectivity index (χ0) is 9.14. The van der Waals surface area contributed by atoms with Gasteiger partial charge in [0, 0.05) is 14.7 Å². The normalized spacial score (nSPS) is 11.6. The second-order valence-electron chi connectivity index (χ2n) is 2.17. The lowest BCUT2D eigenvalue weighted by Gasteiger charge is -2.05. The average Bonchev–Trinajstić information content (AvgIpc) is 2.49. The third-order valence-corrected chi connectivity index (χ3v) is 3.13. The number of ether oxygens (including phenoxy) is 1. The van der Waals surface area contributed by atoms with Crippen molar-refractivity contribution in [1.29, 1.82) is 0 Å². The first-order chi connectivity index (χ1) is 5.65. The third kappa shape index (κ3) is 3.27. The largest absolute Gasteiger partial charge is 0.468 e. The van der Waals surface area contributed by atoms with Crippen LogP contribution in [0.1, 0.15) is 10.9 Å². The van der Waals surface area contributed by atoms with Gasteiger partial charge in [-0.05, 0) is 22.0 Å². The van der Waals surface area contributed by atoms with E-state index in [1.807, 2.05) is 11.4 Å². The molecule has 0 fully saturated rings. The first-order valence-electron chi connectivity index (χ1n) is 3.22. The summed E-state index contributed by atoms with van der Waals surface area (Å²) in [7, 11) is 1.32. The van der Waals surface area contributed by atoms with Gasteiger partial charge in [-0.3, -0.25) is 0 Å². The maximum absolute atomic E-state index is 11.0. The summed E-state index contributed by atoms with van der Waals surface area (Å²) in [6, 6.07) is 1.15. The molecule has 0 aromatic carbocycles. The van der Waals surface area contributed by atoms with E-state index in [1.54, 1.807) is 0 Å². The number of esters is 1. The standard InChI is InChI=1S/C7H8BrNO2S.ClH/c1-11-7(10)6(9)5-2-4(8)3-12-5;/h2-3,6H,9H2,1H3;1H/t6-;/m1./s1. The molecule has 3 nitrogen and oxygen atoms in total. The van der Waals surface area contributed by atoms with Crippen LogP contribution in [0.2, 0.25) is 0 Å². The first kappa shape index (κ1) is 12.9. The van der Waals surface area contributed by atoms with Crippen molar-refractivity contribution in [2.45, 2.75) is 6.04 Å². The minimum absolute atomic E-state index is 0. The predicted octanol–water partition coefficient (Wildman–Crippen LogP) is 2.11. The molecule has 0 spiro atoms. The Labute approximate surface area is 94.8 Å². The number of hydrogen-bond donors (Lipinski definition) is 1. The highest BCUT2D eigenvalue weighted by Gasteiger charge is 2.17. The van der Waals surface area contributed by atoms with Crippen LogP contribution in [0.25, 0.3) is 0 Å². The fourth-order valence-corrected chi connectivity index (χ4v) is 2.17. The zero-order valence-corrected chi connectivity index (χ0v) is 10.0. The number of nitrogens with two attached hydrogens (primary N) is 1. The van der Waals surface area contributed by atoms with Gasteiger partial charge in [-0.2, -0.15) is 0 Å². The Balaban J connectivity index is 0.00000144. The van der Waals surface area contributed by atoms with Crippen molar-refractivity contribution in [3.05, 3.63) is 20.8 Å². The molecule has 74 valence electrons. The molecule has 13 heavy (non-hydrogen) atoms. The summed E-state index contributed by atoms with van der Waals surface area (Å²) >= 11 is 4.70. The molecule has 0 aliphatic carbocycles. The smallest absolute Gasteiger partial charge is 0.328 e. The average molecular weight is 287 g/mol. The second kappa shape index (κ2) is 5.59. The van der Waals surface area contributed by atoms with E-state index in [1.165, 1.54) is 18.4 Å². The quantitative estimate of drug-likeness (QED) is 0.847. The highest BCUT2D eigenvalue weighted by atomic mass is 79.9. The van der Waals surface area contributed by atoms with Crippen LogP contribution in [0.15, 0.2) is 15.9 Å². The summed E-state index contributed by atoms with van der Waals surface area (Å²) in [5.41, 5.74) is 5.58. The first-order valence-corrected chi connectivity index (χ1v) is 4.89. The Morgan fingerprint density at radius 1 is 1.77 bits per heavy atom. The fourth-order valence-electron chi connectivity index (χ4n) is 0.734. The number of hydrogen-bond acceptors (Lipinski definition) is 4. The Morgan fingerprint density at radius 3 is 2.77 bits per heavy atom. The molecule has 0 saturated heterocycles. The summed E-state index contributed by atoms with van der Waals surface area (Å²) in [6.07, 6.45) is 0. The Morgan fingerprint density at radius 2 is 2.38 bits per heavy atom. The van der Waals surface area contributed by atoms with Crippen LogP contribution in [0.3, 0.4) is 0 Å². The lowest BCUT2D eigenvalue weighted by atomic mass is 10.3. The zero-order valence-electron chi connectivity index (χ0n) is 6.82. The summed E-state index contributed by atoms with van der Waals surface area (Å²) < 4.78 is 5.44. The number of halogens is 2. The van der Waals surface area contributed by atoms with E-state index < -0.39 is 12.0 Å². The van der Waals surface area contributed by atoms with Crippen LogP contribution in [-0.4, -0.2) is 13.1 Å². The van der Waals surface area contributed by atoms with Crippen molar-refractivity contribution in [2.75, 3.05) is 7.11 Å². The maximum Gasteiger partial charge on any atom is 0.328 e. The van der Waals surface area contributed by atoms with Gasteiger partial charge < -0.3 is 10.5 Å². The number of carbonyl (C=O) groups is 1. The van der Waals surface area contributed by atoms with Crippen LogP contribution < -0.4 is 5.73 Å². The van der Waals surface area contributed by atoms with Gasteiger partial charge in [0.2, 0.25) is 0 Å². The summed E-state index contributed by atoms with van der Waals surface area (Å²) in [5.74, 6) is -0.413. The van der Waals surface area contributed by atoms with E-state index in [0.717, 1.165) is 9.35 Å². The van der Waals surface area contributed by atoms with Crippen molar-refractivity contribution in [1.82, 2.24) is 0 Å². The number of thiophene rings is 1. The topological polar surface area (TPSA) is 52.3 Å². The van der Waals surface area contributed by atoms with Crippen LogP contribution in [0.5, 0.6) is 0 Å². The Kier molecular flexibility index (Phi) is 5.55. The van der Waals surface area contributed by atoms with Crippen molar-refractivity contribution in [3.63, 3.8) is 0 Å². The minimum atomic E-state index is -0.661. The Bertz CT molecular complexity index is 292. The molecule has 2 N–H and O–H groups in total. The van der Waals surface area contributed by atoms with Crippen molar-refractivity contribution >= 4 is 45.6 Å². The number of methoxy groups -OCH3 is 1. The van der Waals surface area contributed by atoms with Gasteiger partial charge in [-0.1, -0.05) is 0 Å². The Hall–Kier alpha value is -0.100. The lowest BCUT2D eigenvalue weighted by molar-refractivity contribution is -0.142. The van der Waals surface area contributed by atoms with E-state index in [4.69, 9.17) is 5.73 Å². The molecule has 0 aliphatic heterocycles.